The van der Waals surface area contributed by atoms with Gasteiger partial charge in [0.25, 0.3) is 5.69 Å². The van der Waals surface area contributed by atoms with Crippen molar-refractivity contribution in [2.75, 3.05) is 18.0 Å². The first-order chi connectivity index (χ1) is 12.5. The van der Waals surface area contributed by atoms with Gasteiger partial charge in [-0.2, -0.15) is 0 Å². The van der Waals surface area contributed by atoms with E-state index in [1.54, 1.807) is 6.07 Å². The summed E-state index contributed by atoms with van der Waals surface area (Å²) in [5.74, 6) is 0. The van der Waals surface area contributed by atoms with Gasteiger partial charge >= 0.3 is 5.69 Å². The molecule has 0 atom stereocenters. The van der Waals surface area contributed by atoms with Crippen molar-refractivity contribution in [2.24, 2.45) is 0 Å². The standard InChI is InChI=1S/C18H17BrN4O3/c19-12-5-6-16(17(11-12)23(25)26)21-9-7-13(8-10-21)22-15-4-2-1-3-14(15)20-18(22)24/h1-6,11,13H,7-10H2,(H,20,24). The zero-order valence-electron chi connectivity index (χ0n) is 13.9. The summed E-state index contributed by atoms with van der Waals surface area (Å²) in [5, 5.41) is 11.4. The number of fused-ring (bicyclic) bond motifs is 1. The predicted octanol–water partition coefficient (Wildman–Crippen LogP) is 3.84. The molecule has 26 heavy (non-hydrogen) atoms. The van der Waals surface area contributed by atoms with Gasteiger partial charge in [-0.1, -0.05) is 28.1 Å². The number of halogens is 1. The summed E-state index contributed by atoms with van der Waals surface area (Å²) in [6.45, 7) is 1.33. The van der Waals surface area contributed by atoms with Crippen LogP contribution >= 0.6 is 15.9 Å². The average Bonchev–Trinajstić information content (AvgIpc) is 2.97. The van der Waals surface area contributed by atoms with E-state index in [0.29, 0.717) is 23.2 Å². The maximum absolute atomic E-state index is 12.4. The van der Waals surface area contributed by atoms with Gasteiger partial charge in [0.2, 0.25) is 0 Å². The van der Waals surface area contributed by atoms with Crippen LogP contribution in [-0.4, -0.2) is 27.6 Å². The zero-order chi connectivity index (χ0) is 18.3. The van der Waals surface area contributed by atoms with Gasteiger partial charge in [0.1, 0.15) is 5.69 Å². The molecule has 3 aromatic rings. The summed E-state index contributed by atoms with van der Waals surface area (Å²) < 4.78 is 2.51. The van der Waals surface area contributed by atoms with Crippen molar-refractivity contribution >= 4 is 38.3 Å². The van der Waals surface area contributed by atoms with Crippen LogP contribution in [0.4, 0.5) is 11.4 Å². The number of piperidine rings is 1. The normalized spacial score (nSPS) is 15.5. The highest BCUT2D eigenvalue weighted by Crippen LogP contribution is 2.34. The number of hydrogen-bond acceptors (Lipinski definition) is 4. The number of anilines is 1. The minimum atomic E-state index is -0.351. The van der Waals surface area contributed by atoms with Gasteiger partial charge in [0.15, 0.2) is 0 Å². The minimum absolute atomic E-state index is 0.0874. The van der Waals surface area contributed by atoms with E-state index in [2.05, 4.69) is 20.9 Å². The predicted molar refractivity (Wildman–Crippen MR) is 104 cm³/mol. The van der Waals surface area contributed by atoms with Crippen LogP contribution in [-0.2, 0) is 0 Å². The Balaban J connectivity index is 1.59. The molecule has 0 aliphatic carbocycles. The first kappa shape index (κ1) is 16.8. The van der Waals surface area contributed by atoms with E-state index in [-0.39, 0.29) is 22.3 Å². The van der Waals surface area contributed by atoms with E-state index in [1.807, 2.05) is 39.8 Å². The van der Waals surface area contributed by atoms with Crippen molar-refractivity contribution in [1.82, 2.24) is 9.55 Å². The lowest BCUT2D eigenvalue weighted by atomic mass is 10.0. The van der Waals surface area contributed by atoms with Crippen LogP contribution in [0.15, 0.2) is 51.7 Å². The number of H-pyrrole nitrogens is 1. The lowest BCUT2D eigenvalue weighted by Crippen LogP contribution is -2.37. The van der Waals surface area contributed by atoms with E-state index < -0.39 is 0 Å². The molecule has 1 saturated heterocycles. The van der Waals surface area contributed by atoms with Gasteiger partial charge in [-0.15, -0.1) is 0 Å². The largest absolute Gasteiger partial charge is 0.366 e. The first-order valence-electron chi connectivity index (χ1n) is 8.43. The number of aromatic amines is 1. The first-order valence-corrected chi connectivity index (χ1v) is 9.22. The fourth-order valence-corrected chi connectivity index (χ4v) is 4.06. The summed E-state index contributed by atoms with van der Waals surface area (Å²) in [6.07, 6.45) is 1.52. The number of para-hydroxylation sites is 2. The smallest absolute Gasteiger partial charge is 0.326 e. The van der Waals surface area contributed by atoms with Gasteiger partial charge in [0.05, 0.1) is 16.0 Å². The zero-order valence-corrected chi connectivity index (χ0v) is 15.5. The molecule has 0 saturated carbocycles. The van der Waals surface area contributed by atoms with Crippen LogP contribution < -0.4 is 10.6 Å². The molecule has 2 heterocycles. The fraction of sp³-hybridized carbons (Fsp3) is 0.278. The highest BCUT2D eigenvalue weighted by molar-refractivity contribution is 9.10. The summed E-state index contributed by atoms with van der Waals surface area (Å²) in [6, 6.07) is 12.9. The molecule has 1 aliphatic heterocycles. The quantitative estimate of drug-likeness (QED) is 0.519. The second-order valence-electron chi connectivity index (χ2n) is 6.43. The highest BCUT2D eigenvalue weighted by Gasteiger charge is 2.27. The summed E-state index contributed by atoms with van der Waals surface area (Å²) in [5.41, 5.74) is 2.37. The Hall–Kier alpha value is -2.61. The van der Waals surface area contributed by atoms with Crippen LogP contribution in [0.3, 0.4) is 0 Å². The average molecular weight is 417 g/mol. The summed E-state index contributed by atoms with van der Waals surface area (Å²) in [4.78, 5) is 28.3. The van der Waals surface area contributed by atoms with Crippen LogP contribution in [0.25, 0.3) is 11.0 Å². The molecular formula is C18H17BrN4O3. The van der Waals surface area contributed by atoms with E-state index >= 15 is 0 Å². The summed E-state index contributed by atoms with van der Waals surface area (Å²) >= 11 is 3.29. The Kier molecular flexibility index (Phi) is 4.28. The monoisotopic (exact) mass is 416 g/mol. The number of rotatable bonds is 3. The minimum Gasteiger partial charge on any atom is -0.366 e. The number of nitro benzene ring substituents is 1. The number of imidazole rings is 1. The third-order valence-electron chi connectivity index (χ3n) is 4.93. The molecule has 1 aliphatic rings. The molecule has 4 rings (SSSR count). The second kappa shape index (κ2) is 6.60. The molecular weight excluding hydrogens is 400 g/mol. The van der Waals surface area contributed by atoms with Gasteiger partial charge in [-0.05, 0) is 37.1 Å². The van der Waals surface area contributed by atoms with Crippen molar-refractivity contribution in [3.8, 4) is 0 Å². The van der Waals surface area contributed by atoms with Crippen LogP contribution in [0.1, 0.15) is 18.9 Å². The van der Waals surface area contributed by atoms with Crippen molar-refractivity contribution in [2.45, 2.75) is 18.9 Å². The van der Waals surface area contributed by atoms with Gasteiger partial charge < -0.3 is 9.88 Å². The van der Waals surface area contributed by atoms with Crippen molar-refractivity contribution in [1.29, 1.82) is 0 Å². The third kappa shape index (κ3) is 2.90. The Labute approximate surface area is 157 Å². The van der Waals surface area contributed by atoms with E-state index in [4.69, 9.17) is 0 Å². The molecule has 1 N–H and O–H groups in total. The van der Waals surface area contributed by atoms with E-state index in [9.17, 15) is 14.9 Å². The van der Waals surface area contributed by atoms with E-state index in [0.717, 1.165) is 23.9 Å². The maximum atomic E-state index is 12.4. The molecule has 8 heteroatoms. The molecule has 0 spiro atoms. The molecule has 1 aromatic heterocycles. The lowest BCUT2D eigenvalue weighted by Gasteiger charge is -2.33. The van der Waals surface area contributed by atoms with Crippen LogP contribution in [0.2, 0.25) is 0 Å². The van der Waals surface area contributed by atoms with Gasteiger partial charge in [0, 0.05) is 29.7 Å². The Morgan fingerprint density at radius 1 is 1.15 bits per heavy atom. The van der Waals surface area contributed by atoms with Crippen molar-refractivity contribution < 1.29 is 4.92 Å². The van der Waals surface area contributed by atoms with Gasteiger partial charge in [-0.3, -0.25) is 14.7 Å². The molecule has 0 unspecified atom stereocenters. The SMILES string of the molecule is O=c1[nH]c2ccccc2n1C1CCN(c2ccc(Br)cc2[N+](=O)[O-])CC1. The lowest BCUT2D eigenvalue weighted by molar-refractivity contribution is -0.384. The Morgan fingerprint density at radius 2 is 1.88 bits per heavy atom. The number of hydrogen-bond donors (Lipinski definition) is 1. The van der Waals surface area contributed by atoms with Crippen molar-refractivity contribution in [3.05, 3.63) is 67.5 Å². The highest BCUT2D eigenvalue weighted by atomic mass is 79.9. The Bertz CT molecular complexity index is 1030. The molecule has 7 nitrogen and oxygen atoms in total. The number of nitrogens with one attached hydrogen (secondary N) is 1. The van der Waals surface area contributed by atoms with E-state index in [1.165, 1.54) is 6.07 Å². The summed E-state index contributed by atoms with van der Waals surface area (Å²) in [7, 11) is 0. The topological polar surface area (TPSA) is 84.2 Å². The Morgan fingerprint density at radius 3 is 2.62 bits per heavy atom. The molecule has 0 radical (unpaired) electrons. The fourth-order valence-electron chi connectivity index (χ4n) is 3.71. The van der Waals surface area contributed by atoms with Crippen LogP contribution in [0, 0.1) is 10.1 Å². The molecule has 0 bridgehead atoms. The maximum Gasteiger partial charge on any atom is 0.326 e. The third-order valence-corrected chi connectivity index (χ3v) is 5.42. The molecule has 2 aromatic carbocycles. The molecule has 1 fully saturated rings. The number of benzene rings is 2. The number of nitro groups is 1. The number of nitrogens with zero attached hydrogens (tertiary/aromatic N) is 3. The molecule has 134 valence electrons. The second-order valence-corrected chi connectivity index (χ2v) is 7.34. The van der Waals surface area contributed by atoms with Crippen molar-refractivity contribution in [3.63, 3.8) is 0 Å². The van der Waals surface area contributed by atoms with Crippen LogP contribution in [0.5, 0.6) is 0 Å². The molecule has 0 amide bonds. The van der Waals surface area contributed by atoms with Gasteiger partial charge in [-0.25, -0.2) is 4.79 Å². The number of aromatic nitrogens is 2.